The second kappa shape index (κ2) is 9.81. The number of benzene rings is 1. The number of fused-ring (bicyclic) bond motifs is 1. The Hall–Kier alpha value is -2.45. The number of rotatable bonds is 10. The van der Waals surface area contributed by atoms with E-state index in [2.05, 4.69) is 10.6 Å². The quantitative estimate of drug-likeness (QED) is 0.462. The Kier molecular flexibility index (Phi) is 7.05. The molecule has 0 aromatic heterocycles. The van der Waals surface area contributed by atoms with Gasteiger partial charge in [-0.2, -0.15) is 0 Å². The Bertz CT molecular complexity index is 878. The molecule has 3 aliphatic rings. The predicted octanol–water partition coefficient (Wildman–Crippen LogP) is 1.54. The fourth-order valence-electron chi connectivity index (χ4n) is 5.91. The zero-order chi connectivity index (χ0) is 23.6. The van der Waals surface area contributed by atoms with Crippen molar-refractivity contribution in [2.24, 2.45) is 11.8 Å². The lowest BCUT2D eigenvalue weighted by Gasteiger charge is -2.36. The molecule has 180 valence electrons. The molecule has 1 aromatic rings. The number of aliphatic hydroxyl groups excluding tert-OH is 1. The number of carbonyl (C=O) groups is 3. The van der Waals surface area contributed by atoms with Gasteiger partial charge < -0.3 is 25.4 Å². The second-order valence-corrected chi connectivity index (χ2v) is 9.35. The van der Waals surface area contributed by atoms with Crippen LogP contribution in [0.3, 0.4) is 0 Å². The lowest BCUT2D eigenvalue weighted by Crippen LogP contribution is -2.56. The summed E-state index contributed by atoms with van der Waals surface area (Å²) in [5.74, 6) is -2.10. The predicted molar refractivity (Wildman–Crippen MR) is 122 cm³/mol. The smallest absolute Gasteiger partial charge is 0.245 e. The van der Waals surface area contributed by atoms with Crippen LogP contribution in [0.4, 0.5) is 0 Å². The number of hydrogen-bond donors (Lipinski definition) is 3. The molecule has 2 bridgehead atoms. The monoisotopic (exact) mass is 457 g/mol. The minimum atomic E-state index is -1.05. The van der Waals surface area contributed by atoms with Crippen LogP contribution >= 0.6 is 0 Å². The standard InChI is InChI=1S/C25H35N3O5/c1-3-5-14-27-23(31)21-25-12-11-18(33-25)19(22(30)26-13-4-2)20(25)24(32)28(21)17(15-29)16-9-7-6-8-10-16/h6-10,17-21,29H,3-5,11-15H2,1-2H3,(H,26,30)(H,27,31)/t17-,18-,19+,20+,21?,25?/m1/s1. The molecule has 0 saturated carbocycles. The molecule has 8 nitrogen and oxygen atoms in total. The summed E-state index contributed by atoms with van der Waals surface area (Å²) in [6, 6.07) is 7.66. The van der Waals surface area contributed by atoms with Gasteiger partial charge in [0.05, 0.1) is 30.6 Å². The van der Waals surface area contributed by atoms with Gasteiger partial charge in [-0.1, -0.05) is 50.6 Å². The summed E-state index contributed by atoms with van der Waals surface area (Å²) in [6.07, 6.45) is 3.37. The van der Waals surface area contributed by atoms with Crippen LogP contribution < -0.4 is 10.6 Å². The third-order valence-electron chi connectivity index (χ3n) is 7.36. The molecule has 3 saturated heterocycles. The number of hydrogen-bond acceptors (Lipinski definition) is 5. The van der Waals surface area contributed by atoms with Gasteiger partial charge in [0.2, 0.25) is 17.7 Å². The van der Waals surface area contributed by atoms with Gasteiger partial charge in [0.1, 0.15) is 11.6 Å². The minimum Gasteiger partial charge on any atom is -0.394 e. The first-order valence-corrected chi connectivity index (χ1v) is 12.2. The molecule has 3 aliphatic heterocycles. The summed E-state index contributed by atoms with van der Waals surface area (Å²) in [7, 11) is 0. The van der Waals surface area contributed by atoms with Crippen molar-refractivity contribution < 1.29 is 24.2 Å². The molecule has 0 aliphatic carbocycles. The topological polar surface area (TPSA) is 108 Å². The average molecular weight is 458 g/mol. The Balaban J connectivity index is 1.73. The van der Waals surface area contributed by atoms with E-state index < -0.39 is 29.5 Å². The van der Waals surface area contributed by atoms with Crippen LogP contribution in [0.1, 0.15) is 57.6 Å². The summed E-state index contributed by atoms with van der Waals surface area (Å²) in [5.41, 5.74) is -0.299. The number of nitrogens with one attached hydrogen (secondary N) is 2. The Morgan fingerprint density at radius 1 is 1.15 bits per heavy atom. The van der Waals surface area contributed by atoms with Crippen LogP contribution in [0.2, 0.25) is 0 Å². The molecule has 3 N–H and O–H groups in total. The summed E-state index contributed by atoms with van der Waals surface area (Å²) >= 11 is 0. The van der Waals surface area contributed by atoms with E-state index in [9.17, 15) is 19.5 Å². The number of amides is 3. The summed E-state index contributed by atoms with van der Waals surface area (Å²) in [4.78, 5) is 42.1. The van der Waals surface area contributed by atoms with E-state index in [0.717, 1.165) is 24.8 Å². The van der Waals surface area contributed by atoms with Gasteiger partial charge in [-0.25, -0.2) is 0 Å². The normalized spacial score (nSPS) is 30.9. The number of nitrogens with zero attached hydrogens (tertiary/aromatic N) is 1. The number of likely N-dealkylation sites (tertiary alicyclic amines) is 1. The molecule has 8 heteroatoms. The van der Waals surface area contributed by atoms with E-state index in [1.54, 1.807) is 0 Å². The number of unbranched alkanes of at least 4 members (excludes halogenated alkanes) is 1. The zero-order valence-corrected chi connectivity index (χ0v) is 19.5. The lowest BCUT2D eigenvalue weighted by atomic mass is 9.70. The first kappa shape index (κ1) is 23.7. The van der Waals surface area contributed by atoms with E-state index in [1.807, 2.05) is 44.2 Å². The van der Waals surface area contributed by atoms with E-state index in [0.29, 0.717) is 25.9 Å². The lowest BCUT2D eigenvalue weighted by molar-refractivity contribution is -0.145. The highest BCUT2D eigenvalue weighted by Crippen LogP contribution is 2.59. The fraction of sp³-hybridized carbons (Fsp3) is 0.640. The molecule has 1 spiro atoms. The molecule has 1 aromatic carbocycles. The molecular formula is C25H35N3O5. The minimum absolute atomic E-state index is 0.186. The van der Waals surface area contributed by atoms with Crippen molar-refractivity contribution in [3.8, 4) is 0 Å². The highest BCUT2D eigenvalue weighted by Gasteiger charge is 2.75. The Morgan fingerprint density at radius 3 is 2.55 bits per heavy atom. The van der Waals surface area contributed by atoms with Crippen LogP contribution in [-0.4, -0.2) is 65.2 Å². The van der Waals surface area contributed by atoms with Crippen molar-refractivity contribution >= 4 is 17.7 Å². The van der Waals surface area contributed by atoms with Gasteiger partial charge in [0, 0.05) is 13.1 Å². The second-order valence-electron chi connectivity index (χ2n) is 9.35. The summed E-state index contributed by atoms with van der Waals surface area (Å²) in [5, 5.41) is 16.3. The summed E-state index contributed by atoms with van der Waals surface area (Å²) < 4.78 is 6.40. The van der Waals surface area contributed by atoms with Crippen LogP contribution in [0.15, 0.2) is 30.3 Å². The molecule has 3 amide bonds. The highest BCUT2D eigenvalue weighted by atomic mass is 16.5. The number of ether oxygens (including phenoxy) is 1. The van der Waals surface area contributed by atoms with Crippen molar-refractivity contribution in [2.75, 3.05) is 19.7 Å². The van der Waals surface area contributed by atoms with E-state index >= 15 is 0 Å². The molecular weight excluding hydrogens is 422 g/mol. The zero-order valence-electron chi connectivity index (χ0n) is 19.5. The first-order valence-electron chi connectivity index (χ1n) is 12.2. The van der Waals surface area contributed by atoms with Gasteiger partial charge in [-0.3, -0.25) is 14.4 Å². The van der Waals surface area contributed by atoms with Crippen molar-refractivity contribution in [1.82, 2.24) is 15.5 Å². The van der Waals surface area contributed by atoms with Crippen molar-refractivity contribution in [1.29, 1.82) is 0 Å². The van der Waals surface area contributed by atoms with Crippen LogP contribution in [0.5, 0.6) is 0 Å². The number of carbonyl (C=O) groups excluding carboxylic acids is 3. The maximum Gasteiger partial charge on any atom is 0.245 e. The first-order chi connectivity index (χ1) is 16.0. The maximum atomic E-state index is 14.0. The van der Waals surface area contributed by atoms with E-state index in [-0.39, 0.29) is 30.4 Å². The Morgan fingerprint density at radius 2 is 1.88 bits per heavy atom. The van der Waals surface area contributed by atoms with Gasteiger partial charge in [0.15, 0.2) is 0 Å². The molecule has 0 radical (unpaired) electrons. The van der Waals surface area contributed by atoms with Crippen LogP contribution in [-0.2, 0) is 19.1 Å². The van der Waals surface area contributed by atoms with Gasteiger partial charge in [-0.15, -0.1) is 0 Å². The van der Waals surface area contributed by atoms with Crippen LogP contribution in [0.25, 0.3) is 0 Å². The van der Waals surface area contributed by atoms with E-state index in [1.165, 1.54) is 4.90 Å². The average Bonchev–Trinajstić information content (AvgIpc) is 3.47. The third-order valence-corrected chi connectivity index (χ3v) is 7.36. The third kappa shape index (κ3) is 3.93. The largest absolute Gasteiger partial charge is 0.394 e. The number of aliphatic hydroxyl groups is 1. The Labute approximate surface area is 195 Å². The van der Waals surface area contributed by atoms with Crippen molar-refractivity contribution in [3.63, 3.8) is 0 Å². The van der Waals surface area contributed by atoms with E-state index in [4.69, 9.17) is 4.74 Å². The highest BCUT2D eigenvalue weighted by molar-refractivity contribution is 5.99. The van der Waals surface area contributed by atoms with Crippen LogP contribution in [0, 0.1) is 11.8 Å². The molecule has 3 heterocycles. The van der Waals surface area contributed by atoms with Crippen molar-refractivity contribution in [2.45, 2.75) is 69.7 Å². The maximum absolute atomic E-state index is 14.0. The molecule has 6 atom stereocenters. The van der Waals surface area contributed by atoms with Crippen molar-refractivity contribution in [3.05, 3.63) is 35.9 Å². The fourth-order valence-corrected chi connectivity index (χ4v) is 5.91. The van der Waals surface area contributed by atoms with Gasteiger partial charge in [-0.05, 0) is 31.2 Å². The SMILES string of the molecule is CCCCNC(=O)C1N([C@H](CO)c2ccccc2)C(=O)[C@@H]2[C@@H](C(=O)NCCC)[C@H]3CCC12O3. The molecule has 33 heavy (non-hydrogen) atoms. The van der Waals surface area contributed by atoms with Gasteiger partial charge >= 0.3 is 0 Å². The molecule has 2 unspecified atom stereocenters. The van der Waals surface area contributed by atoms with Gasteiger partial charge in [0.25, 0.3) is 0 Å². The molecule has 4 rings (SSSR count). The molecule has 3 fully saturated rings. The summed E-state index contributed by atoms with van der Waals surface area (Å²) in [6.45, 7) is 4.74.